The molecule has 2 amide bonds. The van der Waals surface area contributed by atoms with Crippen molar-refractivity contribution in [3.63, 3.8) is 0 Å². The predicted octanol–water partition coefficient (Wildman–Crippen LogP) is 2.87. The fourth-order valence-corrected chi connectivity index (χ4v) is 5.90. The van der Waals surface area contributed by atoms with Crippen LogP contribution in [-0.2, 0) is 20.6 Å². The number of amides is 2. The molecule has 2 heterocycles. The van der Waals surface area contributed by atoms with E-state index in [1.807, 2.05) is 36.4 Å². The Labute approximate surface area is 206 Å². The third-order valence-corrected chi connectivity index (χ3v) is 8.38. The van der Waals surface area contributed by atoms with Crippen LogP contribution in [0.1, 0.15) is 36.8 Å². The van der Waals surface area contributed by atoms with Crippen LogP contribution in [0.5, 0.6) is 0 Å². The van der Waals surface area contributed by atoms with Crippen molar-refractivity contribution < 1.29 is 28.4 Å². The average Bonchev–Trinajstić information content (AvgIpc) is 3.38. The molecule has 1 aromatic heterocycles. The third kappa shape index (κ3) is 6.91. The summed E-state index contributed by atoms with van der Waals surface area (Å²) in [6.45, 7) is 0.420. The highest BCUT2D eigenvalue weighted by atomic mass is 32.2. The lowest BCUT2D eigenvalue weighted by Crippen LogP contribution is -2.53. The van der Waals surface area contributed by atoms with E-state index in [1.165, 1.54) is 11.3 Å². The molecule has 35 heavy (non-hydrogen) atoms. The molecule has 2 unspecified atom stereocenters. The number of carbonyl (C=O) groups is 2. The monoisotopic (exact) mass is 518 g/mol. The molecule has 3 N–H and O–H groups in total. The molecule has 0 saturated carbocycles. The Kier molecular flexibility index (Phi) is 8.22. The van der Waals surface area contributed by atoms with Crippen molar-refractivity contribution >= 4 is 41.9 Å². The first-order chi connectivity index (χ1) is 16.8. The summed E-state index contributed by atoms with van der Waals surface area (Å²) in [5.74, 6) is -0.453. The largest absolute Gasteiger partial charge is 0.426 e. The van der Waals surface area contributed by atoms with Gasteiger partial charge in [-0.25, -0.2) is 0 Å². The maximum atomic E-state index is 13.3. The van der Waals surface area contributed by atoms with Gasteiger partial charge in [-0.2, -0.15) is 0 Å². The molecule has 1 aliphatic heterocycles. The molecule has 2 atom stereocenters. The molecule has 3 aromatic rings. The zero-order valence-electron chi connectivity index (χ0n) is 18.9. The summed E-state index contributed by atoms with van der Waals surface area (Å²) in [7, 11) is -4.20. The molecule has 4 rings (SSSR count). The summed E-state index contributed by atoms with van der Waals surface area (Å²) < 4.78 is 16.5. The topological polar surface area (TPSA) is 146 Å². The zero-order chi connectivity index (χ0) is 24.8. The lowest BCUT2D eigenvalue weighted by atomic mass is 9.99. The van der Waals surface area contributed by atoms with E-state index in [-0.39, 0.29) is 23.5 Å². The van der Waals surface area contributed by atoms with Gasteiger partial charge in [0.2, 0.25) is 24.1 Å². The molecular weight excluding hydrogens is 491 g/mol. The maximum absolute atomic E-state index is 13.3. The van der Waals surface area contributed by atoms with Gasteiger partial charge < -0.3 is 24.4 Å². The fraction of sp³-hybridized carbons (Fsp3) is 0.391. The number of hydrogen-bond donors (Lipinski definition) is 3. The Morgan fingerprint density at radius 1 is 1.20 bits per heavy atom. The lowest BCUT2D eigenvalue weighted by Gasteiger charge is -2.35. The van der Waals surface area contributed by atoms with Crippen molar-refractivity contribution in [2.24, 2.45) is 0 Å². The van der Waals surface area contributed by atoms with Crippen LogP contribution in [0.3, 0.4) is 0 Å². The molecular formula is C23H27N4O6PS. The number of benzene rings is 2. The lowest BCUT2D eigenvalue weighted by molar-refractivity contribution is -0.140. The predicted molar refractivity (Wildman–Crippen MR) is 132 cm³/mol. The van der Waals surface area contributed by atoms with Crippen LogP contribution in [0.2, 0.25) is 0 Å². The van der Waals surface area contributed by atoms with Crippen LogP contribution < -0.4 is 5.32 Å². The van der Waals surface area contributed by atoms with Gasteiger partial charge in [-0.05, 0) is 35.6 Å². The molecule has 0 spiro atoms. The van der Waals surface area contributed by atoms with E-state index in [9.17, 15) is 14.2 Å². The number of nitrogens with zero attached hydrogens (tertiary/aromatic N) is 3. The minimum absolute atomic E-state index is 0.0981. The van der Waals surface area contributed by atoms with Crippen molar-refractivity contribution in [1.82, 2.24) is 20.4 Å². The standard InChI is InChI=1S/C23H27N4O6PS/c28-21(13-35-15-34(30,31)32)27-10-4-3-7-20(27)22(29)25-19(23-26-24-14-33-23)12-16-8-9-17-5-1-2-6-18(17)11-16/h1-2,5-6,8-9,11,14,19-20H,3-4,7,10,12-13,15H2,(H,25,29)(H2,30,31,32). The van der Waals surface area contributed by atoms with Crippen molar-refractivity contribution in [3.05, 3.63) is 60.3 Å². The second kappa shape index (κ2) is 11.3. The van der Waals surface area contributed by atoms with Crippen LogP contribution in [-0.4, -0.2) is 60.5 Å². The molecule has 1 saturated heterocycles. The molecule has 186 valence electrons. The van der Waals surface area contributed by atoms with Gasteiger partial charge in [0.1, 0.15) is 12.1 Å². The number of aromatic nitrogens is 2. The number of carbonyl (C=O) groups excluding carboxylic acids is 2. The number of piperidine rings is 1. The number of likely N-dealkylation sites (tertiary alicyclic amines) is 1. The first kappa shape index (κ1) is 25.4. The van der Waals surface area contributed by atoms with Crippen molar-refractivity contribution in [1.29, 1.82) is 0 Å². The SMILES string of the molecule is O=C(NC(Cc1ccc2ccccc2c1)c1nnco1)C1CCCCN1C(=O)CSCP(=O)(O)O. The number of thioether (sulfide) groups is 1. The number of rotatable bonds is 9. The van der Waals surface area contributed by atoms with E-state index in [2.05, 4.69) is 21.6 Å². The van der Waals surface area contributed by atoms with Gasteiger partial charge in [-0.15, -0.1) is 22.0 Å². The van der Waals surface area contributed by atoms with E-state index < -0.39 is 25.2 Å². The van der Waals surface area contributed by atoms with E-state index in [0.29, 0.717) is 19.4 Å². The maximum Gasteiger partial charge on any atom is 0.335 e. The second-order valence-corrected chi connectivity index (χ2v) is 11.5. The first-order valence-electron chi connectivity index (χ1n) is 11.3. The smallest absolute Gasteiger partial charge is 0.335 e. The highest BCUT2D eigenvalue weighted by molar-refractivity contribution is 8.04. The minimum Gasteiger partial charge on any atom is -0.426 e. The summed E-state index contributed by atoms with van der Waals surface area (Å²) in [6.07, 6.45) is 3.71. The molecule has 10 nitrogen and oxygen atoms in total. The molecule has 1 fully saturated rings. The van der Waals surface area contributed by atoms with Crippen LogP contribution in [0.15, 0.2) is 53.3 Å². The highest BCUT2D eigenvalue weighted by Crippen LogP contribution is 2.38. The number of hydrogen-bond acceptors (Lipinski definition) is 7. The second-order valence-electron chi connectivity index (χ2n) is 8.46. The number of fused-ring (bicyclic) bond motifs is 1. The van der Waals surface area contributed by atoms with Crippen molar-refractivity contribution in [2.75, 3.05) is 17.8 Å². The van der Waals surface area contributed by atoms with Gasteiger partial charge >= 0.3 is 7.60 Å². The summed E-state index contributed by atoms with van der Waals surface area (Å²) in [6, 6.07) is 12.8. The van der Waals surface area contributed by atoms with Crippen LogP contribution in [0.25, 0.3) is 10.8 Å². The molecule has 2 aromatic carbocycles. The molecule has 12 heteroatoms. The van der Waals surface area contributed by atoms with Crippen LogP contribution in [0, 0.1) is 0 Å². The quantitative estimate of drug-likeness (QED) is 0.364. The summed E-state index contributed by atoms with van der Waals surface area (Å²) >= 11 is 0.871. The van der Waals surface area contributed by atoms with Gasteiger partial charge in [0.25, 0.3) is 0 Å². The highest BCUT2D eigenvalue weighted by Gasteiger charge is 2.34. The fourth-order valence-electron chi connectivity index (χ4n) is 4.24. The summed E-state index contributed by atoms with van der Waals surface area (Å²) in [5, 5.41) is 12.9. The normalized spacial score (nSPS) is 17.3. The first-order valence-corrected chi connectivity index (χ1v) is 14.2. The zero-order valence-corrected chi connectivity index (χ0v) is 20.7. The van der Waals surface area contributed by atoms with Gasteiger partial charge in [-0.3, -0.25) is 14.2 Å². The van der Waals surface area contributed by atoms with Gasteiger partial charge in [0, 0.05) is 13.0 Å². The van der Waals surface area contributed by atoms with Crippen LogP contribution >= 0.6 is 19.4 Å². The molecule has 0 aliphatic carbocycles. The van der Waals surface area contributed by atoms with E-state index in [0.717, 1.165) is 40.9 Å². The third-order valence-electron chi connectivity index (χ3n) is 5.86. The van der Waals surface area contributed by atoms with E-state index in [1.54, 1.807) is 0 Å². The molecule has 1 aliphatic rings. The summed E-state index contributed by atoms with van der Waals surface area (Å²) in [4.78, 5) is 45.7. The Hall–Kier alpha value is -2.72. The Morgan fingerprint density at radius 3 is 2.74 bits per heavy atom. The summed E-state index contributed by atoms with van der Waals surface area (Å²) in [5.41, 5.74) is 0.548. The van der Waals surface area contributed by atoms with Gasteiger partial charge in [0.15, 0.2) is 0 Å². The minimum atomic E-state index is -4.20. The Balaban J connectivity index is 1.47. The van der Waals surface area contributed by atoms with Crippen molar-refractivity contribution in [3.8, 4) is 0 Å². The Bertz CT molecular complexity index is 1220. The molecule has 0 radical (unpaired) electrons. The van der Waals surface area contributed by atoms with E-state index in [4.69, 9.17) is 14.2 Å². The average molecular weight is 519 g/mol. The van der Waals surface area contributed by atoms with Crippen molar-refractivity contribution in [2.45, 2.75) is 37.8 Å². The number of nitrogens with one attached hydrogen (secondary N) is 1. The van der Waals surface area contributed by atoms with Crippen LogP contribution in [0.4, 0.5) is 0 Å². The van der Waals surface area contributed by atoms with Gasteiger partial charge in [-0.1, -0.05) is 42.5 Å². The van der Waals surface area contributed by atoms with Gasteiger partial charge in [0.05, 0.1) is 11.2 Å². The van der Waals surface area contributed by atoms with E-state index >= 15 is 0 Å². The Morgan fingerprint density at radius 2 is 2.00 bits per heavy atom. The molecule has 0 bridgehead atoms.